The number of rotatable bonds is 11. The van der Waals surface area contributed by atoms with Gasteiger partial charge in [-0.25, -0.2) is 0 Å². The van der Waals surface area contributed by atoms with Crippen LogP contribution in [-0.4, -0.2) is 4.57 Å². The first kappa shape index (κ1) is 82.7. The number of anilines is 9. The standard InChI is InChI=1S/C50H40N2.C44H35NO.C44H37N/c1-2-13-37(14-3-1)52-48-19-9-7-17-42(48)44-31-39(22-24-49(44)52)51(47-20-10-12-34-11-4-5-15-40(34)47)38-21-23-46-43(30-38)41-16-6-8-18-45(41)50(46)35-26-32-25-33(28-35)29-36(50)27-32;1-2-10-34-29(8-1)9-7-14-41(34)45(33-17-19-43-38(26-33)36-12-4-6-15-42(36)46-43)32-16-18-40-37(25-32)35-11-3-5-13-39(35)44(40)30-21-27-20-28(23-30)24-31(44)22-27;1-2-10-31(11-3-1)33-14-8-15-36(27-33)45(43-19-9-13-32-12-4-5-16-38(32)43)37-20-21-42-40(28-37)39-17-6-7-18-41(39)44(42)34-23-29-22-30(25-34)26-35(44)24-29/h1-24,30-33,35-36H,25-29H2;1-19,25-28,30-31H,20-24H2;1-21,27-30,34-35H,22-26H2. The molecule has 0 atom stereocenters. The van der Waals surface area contributed by atoms with E-state index in [9.17, 15) is 0 Å². The van der Waals surface area contributed by atoms with Gasteiger partial charge in [0.1, 0.15) is 11.2 Å². The minimum Gasteiger partial charge on any atom is -0.456 e. The summed E-state index contributed by atoms with van der Waals surface area (Å²) in [5.41, 5.74) is 37.7. The Balaban J connectivity index is 0.0000000984. The molecule has 12 saturated carbocycles. The molecule has 15 aliphatic rings. The van der Waals surface area contributed by atoms with Gasteiger partial charge in [0.2, 0.25) is 0 Å². The van der Waals surface area contributed by atoms with Crippen molar-refractivity contribution in [2.24, 2.45) is 71.0 Å². The molecular weight excluding hydrogens is 1730 g/mol. The molecule has 12 fully saturated rings. The number of aromatic nitrogens is 1. The summed E-state index contributed by atoms with van der Waals surface area (Å²) in [6, 6.07) is 159. The summed E-state index contributed by atoms with van der Waals surface area (Å²) in [7, 11) is 0. The van der Waals surface area contributed by atoms with E-state index in [0.717, 1.165) is 98.6 Å². The van der Waals surface area contributed by atoms with Gasteiger partial charge in [0.05, 0.1) is 28.1 Å². The molecule has 690 valence electrons. The average molecular weight is 1840 g/mol. The number of para-hydroxylation sites is 3. The Morgan fingerprint density at radius 2 is 0.503 bits per heavy atom. The number of furan rings is 1. The van der Waals surface area contributed by atoms with Crippen LogP contribution in [0.15, 0.2) is 429 Å². The van der Waals surface area contributed by atoms with Gasteiger partial charge < -0.3 is 23.7 Å². The molecule has 21 aromatic rings. The monoisotopic (exact) mass is 1840 g/mol. The van der Waals surface area contributed by atoms with Crippen LogP contribution < -0.4 is 14.7 Å². The fourth-order valence-corrected chi connectivity index (χ4v) is 33.6. The average Bonchev–Trinajstić information content (AvgIpc) is 1.47. The Morgan fingerprint density at radius 3 is 0.951 bits per heavy atom. The van der Waals surface area contributed by atoms with Gasteiger partial charge in [-0.1, -0.05) is 297 Å². The maximum absolute atomic E-state index is 6.26. The first-order chi connectivity index (χ1) is 70.8. The Labute approximate surface area is 836 Å². The van der Waals surface area contributed by atoms with Crippen LogP contribution in [0.2, 0.25) is 0 Å². The lowest BCUT2D eigenvalue weighted by molar-refractivity contribution is -0.0399. The minimum absolute atomic E-state index is 0.167. The maximum atomic E-state index is 6.26. The van der Waals surface area contributed by atoms with Gasteiger partial charge in [0.15, 0.2) is 0 Å². The number of benzene rings is 19. The summed E-state index contributed by atoms with van der Waals surface area (Å²) in [6.45, 7) is 0. The Bertz CT molecular complexity index is 8670. The third-order valence-corrected chi connectivity index (χ3v) is 38.2. The first-order valence-electron chi connectivity index (χ1n) is 53.5. The van der Waals surface area contributed by atoms with E-state index in [2.05, 4.69) is 438 Å². The van der Waals surface area contributed by atoms with E-state index in [1.807, 2.05) is 6.07 Å². The number of fused-ring (bicyclic) bond motifs is 18. The summed E-state index contributed by atoms with van der Waals surface area (Å²) in [4.78, 5) is 7.51. The normalized spacial score (nSPS) is 24.9. The topological polar surface area (TPSA) is 27.8 Å². The third-order valence-electron chi connectivity index (χ3n) is 38.2. The van der Waals surface area contributed by atoms with Gasteiger partial charge in [-0.3, -0.25) is 0 Å². The van der Waals surface area contributed by atoms with E-state index in [0.29, 0.717) is 0 Å². The van der Waals surface area contributed by atoms with Crippen LogP contribution in [0.5, 0.6) is 0 Å². The molecule has 3 spiro atoms. The number of hydrogen-bond donors (Lipinski definition) is 0. The summed E-state index contributed by atoms with van der Waals surface area (Å²) >= 11 is 0. The highest BCUT2D eigenvalue weighted by Gasteiger charge is 2.65. The lowest BCUT2D eigenvalue weighted by Crippen LogP contribution is -2.55. The fraction of sp³-hybridized carbons (Fsp3) is 0.217. The van der Waals surface area contributed by atoms with E-state index >= 15 is 0 Å². The van der Waals surface area contributed by atoms with Crippen LogP contribution in [0, 0.1) is 71.0 Å². The van der Waals surface area contributed by atoms with Crippen molar-refractivity contribution in [3.63, 3.8) is 0 Å². The molecule has 0 N–H and O–H groups in total. The van der Waals surface area contributed by atoms with Crippen molar-refractivity contribution in [3.05, 3.63) is 458 Å². The molecule has 2 heterocycles. The minimum atomic E-state index is 0.167. The van der Waals surface area contributed by atoms with Gasteiger partial charge in [-0.15, -0.1) is 0 Å². The van der Waals surface area contributed by atoms with E-state index in [4.69, 9.17) is 4.42 Å². The lowest BCUT2D eigenvalue weighted by Gasteiger charge is -2.61. The van der Waals surface area contributed by atoms with Gasteiger partial charge in [-0.05, 0) is 389 Å². The summed E-state index contributed by atoms with van der Waals surface area (Å²) in [6.07, 6.45) is 21.3. The second-order valence-electron chi connectivity index (χ2n) is 44.9. The molecule has 19 aromatic carbocycles. The molecule has 143 heavy (non-hydrogen) atoms. The molecule has 0 aliphatic heterocycles. The zero-order chi connectivity index (χ0) is 93.5. The largest absolute Gasteiger partial charge is 0.456 e. The number of hydrogen-bond acceptors (Lipinski definition) is 4. The van der Waals surface area contributed by atoms with Gasteiger partial charge >= 0.3 is 0 Å². The van der Waals surface area contributed by atoms with E-state index in [1.165, 1.54) is 246 Å². The Kier molecular flexibility index (Phi) is 18.5. The zero-order valence-electron chi connectivity index (χ0n) is 80.6. The van der Waals surface area contributed by atoms with E-state index in [1.54, 1.807) is 33.4 Å². The Morgan fingerprint density at radius 1 is 0.196 bits per heavy atom. The predicted molar refractivity (Wildman–Crippen MR) is 593 cm³/mol. The zero-order valence-corrected chi connectivity index (χ0v) is 80.6. The molecule has 0 amide bonds. The van der Waals surface area contributed by atoms with Crippen LogP contribution >= 0.6 is 0 Å². The highest BCUT2D eigenvalue weighted by atomic mass is 16.3. The molecule has 0 saturated heterocycles. The molecule has 0 radical (unpaired) electrons. The summed E-state index contributed by atoms with van der Waals surface area (Å²) in [5.74, 6) is 10.3. The van der Waals surface area contributed by atoms with Crippen molar-refractivity contribution >= 4 is 127 Å². The fourth-order valence-electron chi connectivity index (χ4n) is 33.6. The van der Waals surface area contributed by atoms with Crippen molar-refractivity contribution in [3.8, 4) is 50.2 Å². The SMILES string of the molecule is c1ccc(-c2cccc(N(c3ccc4c(c3)-c3ccccc3C43C4CC5CC(C4)CC3C5)c3cccc4ccccc34)c2)cc1.c1ccc(-n2c3ccccc3c3cc(N(c4ccc5c(c4)-c4ccccc4C54C5CC6CC(C5)CC4C6)c4cccc5ccccc45)ccc32)cc1.c1ccc2c(c1)-c1cc(N(c3ccc4oc5ccccc5c4c3)c3cccc4ccccc34)ccc1C21C2CC3CC(C2)CC1C3. The molecule has 5 heteroatoms. The molecule has 5 nitrogen and oxygen atoms in total. The highest BCUT2D eigenvalue weighted by Crippen LogP contribution is 2.74. The summed E-state index contributed by atoms with van der Waals surface area (Å²) in [5, 5.41) is 12.4. The Hall–Kier alpha value is -15.0. The van der Waals surface area contributed by atoms with Crippen molar-refractivity contribution in [1.29, 1.82) is 0 Å². The lowest BCUT2D eigenvalue weighted by atomic mass is 9.43. The second kappa shape index (κ2) is 32.0. The summed E-state index contributed by atoms with van der Waals surface area (Å²) < 4.78 is 8.67. The van der Waals surface area contributed by atoms with Crippen LogP contribution in [0.1, 0.15) is 130 Å². The quantitative estimate of drug-likeness (QED) is 0.129. The van der Waals surface area contributed by atoms with Crippen LogP contribution in [-0.2, 0) is 16.2 Å². The highest BCUT2D eigenvalue weighted by molar-refractivity contribution is 6.13. The predicted octanol–water partition coefficient (Wildman–Crippen LogP) is 36.8. The molecule has 15 aliphatic carbocycles. The van der Waals surface area contributed by atoms with Crippen molar-refractivity contribution in [2.45, 2.75) is 113 Å². The third kappa shape index (κ3) is 12.3. The van der Waals surface area contributed by atoms with Crippen molar-refractivity contribution in [1.82, 2.24) is 4.57 Å². The van der Waals surface area contributed by atoms with Gasteiger partial charge in [-0.2, -0.15) is 0 Å². The molecule has 12 bridgehead atoms. The molecule has 0 unspecified atom stereocenters. The molecule has 2 aromatic heterocycles. The van der Waals surface area contributed by atoms with E-state index < -0.39 is 0 Å². The molecular formula is C138H112N4O. The van der Waals surface area contributed by atoms with Crippen LogP contribution in [0.25, 0.3) is 126 Å². The van der Waals surface area contributed by atoms with Crippen molar-refractivity contribution in [2.75, 3.05) is 14.7 Å². The van der Waals surface area contributed by atoms with Crippen LogP contribution in [0.3, 0.4) is 0 Å². The van der Waals surface area contributed by atoms with E-state index in [-0.39, 0.29) is 16.2 Å². The molecule has 36 rings (SSSR count). The van der Waals surface area contributed by atoms with Gasteiger partial charge in [0, 0.05) is 93.8 Å². The van der Waals surface area contributed by atoms with Crippen LogP contribution in [0.4, 0.5) is 51.2 Å². The smallest absolute Gasteiger partial charge is 0.135 e. The van der Waals surface area contributed by atoms with Gasteiger partial charge in [0.25, 0.3) is 0 Å². The number of nitrogens with zero attached hydrogens (tertiary/aromatic N) is 4. The second-order valence-corrected chi connectivity index (χ2v) is 44.9. The first-order valence-corrected chi connectivity index (χ1v) is 53.5. The van der Waals surface area contributed by atoms with Crippen molar-refractivity contribution < 1.29 is 4.42 Å². The maximum Gasteiger partial charge on any atom is 0.135 e.